The van der Waals surface area contributed by atoms with Crippen LogP contribution in [0, 0.1) is 0 Å². The van der Waals surface area contributed by atoms with Gasteiger partial charge in [-0.3, -0.25) is 0 Å². The number of carbonyl (C=O) groups is 1. The molecule has 0 bridgehead atoms. The second-order valence-corrected chi connectivity index (χ2v) is 10.0. The van der Waals surface area contributed by atoms with Crippen molar-refractivity contribution < 1.29 is 4.79 Å². The topological polar surface area (TPSA) is 70.4 Å². The fraction of sp³-hybridized carbons (Fsp3) is 0.276. The quantitative estimate of drug-likeness (QED) is 0.397. The third-order valence-corrected chi connectivity index (χ3v) is 6.34. The number of rotatable bonds is 5. The number of nitrogens with two attached hydrogens (primary N) is 1. The van der Waals surface area contributed by atoms with E-state index in [1.54, 1.807) is 5.01 Å². The van der Waals surface area contributed by atoms with Gasteiger partial charge in [-0.15, -0.1) is 0 Å². The molecule has 3 aromatic rings. The Hall–Kier alpha value is -3.57. The number of carbonyl (C=O) groups excluding carboxylic acids is 1. The van der Waals surface area contributed by atoms with Crippen molar-refractivity contribution in [3.05, 3.63) is 99.4 Å². The molecule has 4 rings (SSSR count). The highest BCUT2D eigenvalue weighted by atomic mass is 16.2. The van der Waals surface area contributed by atoms with Crippen LogP contribution >= 0.6 is 0 Å². The van der Waals surface area contributed by atoms with Crippen molar-refractivity contribution in [1.29, 1.82) is 0 Å². The standard InChI is InChI=1S/C29H34N4O/c1-20-9-8-12-26(25(20)19-33(30)18-21-10-6-5-7-11-21)31-28(34)32-27-16-13-22-17-23(29(2,3)4)14-15-24(22)27/h5-12,14-15,17,19,27H,1,13,16,18,30H2,2-4H3,(H2,31,32,34)/b25-19+/t27-/m1/s1. The van der Waals surface area contributed by atoms with Crippen molar-refractivity contribution in [3.8, 4) is 0 Å². The minimum absolute atomic E-state index is 0.00321. The highest BCUT2D eigenvalue weighted by Crippen LogP contribution is 2.34. The molecule has 176 valence electrons. The highest BCUT2D eigenvalue weighted by Gasteiger charge is 2.26. The van der Waals surface area contributed by atoms with E-state index < -0.39 is 0 Å². The molecule has 34 heavy (non-hydrogen) atoms. The van der Waals surface area contributed by atoms with Crippen LogP contribution in [0.4, 0.5) is 10.5 Å². The number of hydrogen-bond acceptors (Lipinski definition) is 3. The number of hydrogen-bond donors (Lipinski definition) is 3. The molecule has 0 saturated carbocycles. The van der Waals surface area contributed by atoms with E-state index in [-0.39, 0.29) is 17.5 Å². The lowest BCUT2D eigenvalue weighted by Gasteiger charge is -2.21. The average molecular weight is 455 g/mol. The molecule has 0 unspecified atom stereocenters. The van der Waals surface area contributed by atoms with E-state index >= 15 is 0 Å². The number of hydrazine groups is 1. The zero-order chi connectivity index (χ0) is 24.3. The molecule has 0 saturated heterocycles. The molecule has 0 spiro atoms. The number of nitrogens with one attached hydrogen (secondary N) is 2. The van der Waals surface area contributed by atoms with Gasteiger partial charge < -0.3 is 15.6 Å². The van der Waals surface area contributed by atoms with Gasteiger partial charge >= 0.3 is 6.03 Å². The number of aryl methyl sites for hydroxylation is 1. The largest absolute Gasteiger partial charge is 0.331 e. The number of anilines is 1. The van der Waals surface area contributed by atoms with Crippen LogP contribution in [-0.4, -0.2) is 11.0 Å². The van der Waals surface area contributed by atoms with Gasteiger partial charge in [0, 0.05) is 11.4 Å². The maximum absolute atomic E-state index is 12.9. The molecule has 2 amide bonds. The zero-order valence-electron chi connectivity index (χ0n) is 20.3. The lowest BCUT2D eigenvalue weighted by atomic mass is 9.85. The Kier molecular flexibility index (Phi) is 6.75. The fourth-order valence-corrected chi connectivity index (χ4v) is 4.43. The molecular formula is C29H34N4O. The molecule has 5 nitrogen and oxygen atoms in total. The molecule has 5 heteroatoms. The van der Waals surface area contributed by atoms with E-state index in [4.69, 9.17) is 5.84 Å². The van der Waals surface area contributed by atoms with E-state index in [2.05, 4.69) is 56.2 Å². The summed E-state index contributed by atoms with van der Waals surface area (Å²) in [5.41, 5.74) is 5.74. The van der Waals surface area contributed by atoms with Crippen molar-refractivity contribution in [2.45, 2.75) is 51.6 Å². The van der Waals surface area contributed by atoms with Crippen molar-refractivity contribution in [2.24, 2.45) is 5.84 Å². The number of urea groups is 1. The molecule has 1 atom stereocenters. The summed E-state index contributed by atoms with van der Waals surface area (Å²) in [5, 5.41) is 9.36. The lowest BCUT2D eigenvalue weighted by molar-refractivity contribution is 0.248. The minimum Gasteiger partial charge on any atom is -0.331 e. The summed E-state index contributed by atoms with van der Waals surface area (Å²) in [6.45, 7) is 11.3. The maximum Gasteiger partial charge on any atom is 0.319 e. The first-order valence-corrected chi connectivity index (χ1v) is 11.8. The Labute approximate surface area is 202 Å². The second kappa shape index (κ2) is 9.74. The summed E-state index contributed by atoms with van der Waals surface area (Å²) in [5.74, 6) is 6.26. The van der Waals surface area contributed by atoms with Crippen LogP contribution < -0.4 is 26.9 Å². The van der Waals surface area contributed by atoms with Gasteiger partial charge in [-0.05, 0) is 51.8 Å². The lowest BCUT2D eigenvalue weighted by Crippen LogP contribution is -2.37. The van der Waals surface area contributed by atoms with Crippen molar-refractivity contribution in [2.75, 3.05) is 5.32 Å². The van der Waals surface area contributed by atoms with Gasteiger partial charge in [0.25, 0.3) is 0 Å². The molecule has 1 aliphatic carbocycles. The summed E-state index contributed by atoms with van der Waals surface area (Å²) < 4.78 is 0. The van der Waals surface area contributed by atoms with Crippen LogP contribution in [0.2, 0.25) is 0 Å². The molecule has 0 aliphatic heterocycles. The minimum atomic E-state index is -0.232. The number of amides is 2. The first-order chi connectivity index (χ1) is 16.2. The molecule has 4 N–H and O–H groups in total. The van der Waals surface area contributed by atoms with Gasteiger partial charge in [0.05, 0.1) is 18.3 Å². The Morgan fingerprint density at radius 2 is 1.88 bits per heavy atom. The first kappa shape index (κ1) is 23.6. The van der Waals surface area contributed by atoms with Gasteiger partial charge in [0.1, 0.15) is 0 Å². The summed E-state index contributed by atoms with van der Waals surface area (Å²) in [7, 11) is 0. The molecule has 0 heterocycles. The van der Waals surface area contributed by atoms with Gasteiger partial charge in [0.15, 0.2) is 0 Å². The van der Waals surface area contributed by atoms with Crippen LogP contribution in [0.1, 0.15) is 55.5 Å². The molecule has 0 aromatic heterocycles. The maximum atomic E-state index is 12.9. The summed E-state index contributed by atoms with van der Waals surface area (Å²) in [6, 6.07) is 22.1. The van der Waals surface area contributed by atoms with Crippen molar-refractivity contribution >= 4 is 24.5 Å². The van der Waals surface area contributed by atoms with Crippen molar-refractivity contribution in [3.63, 3.8) is 0 Å². The summed E-state index contributed by atoms with van der Waals surface area (Å²) >= 11 is 0. The number of fused-ring (bicyclic) bond motifs is 1. The van der Waals surface area contributed by atoms with E-state index in [0.29, 0.717) is 12.2 Å². The summed E-state index contributed by atoms with van der Waals surface area (Å²) in [4.78, 5) is 12.9. The molecule has 1 aliphatic rings. The monoisotopic (exact) mass is 454 g/mol. The average Bonchev–Trinajstić information content (AvgIpc) is 3.18. The SMILES string of the molecule is C=c1cccc(NC(=O)N[C@@H]2CCc3cc(C(C)(C)C)ccc32)/c1=C/N(N)Cc1ccccc1. The van der Waals surface area contributed by atoms with E-state index in [1.807, 2.05) is 54.7 Å². The van der Waals surface area contributed by atoms with Gasteiger partial charge in [-0.25, -0.2) is 10.6 Å². The predicted molar refractivity (Wildman–Crippen MR) is 140 cm³/mol. The second-order valence-electron chi connectivity index (χ2n) is 10.0. The Morgan fingerprint density at radius 3 is 2.62 bits per heavy atom. The fourth-order valence-electron chi connectivity index (χ4n) is 4.43. The van der Waals surface area contributed by atoms with Gasteiger partial charge in [0.2, 0.25) is 0 Å². The Balaban J connectivity index is 1.49. The van der Waals surface area contributed by atoms with Crippen LogP contribution in [0.3, 0.4) is 0 Å². The first-order valence-electron chi connectivity index (χ1n) is 11.8. The van der Waals surface area contributed by atoms with E-state index in [1.165, 1.54) is 16.7 Å². The molecular weight excluding hydrogens is 420 g/mol. The van der Waals surface area contributed by atoms with E-state index in [0.717, 1.165) is 28.8 Å². The third-order valence-electron chi connectivity index (χ3n) is 6.34. The van der Waals surface area contributed by atoms with Gasteiger partial charge in [-0.2, -0.15) is 0 Å². The van der Waals surface area contributed by atoms with E-state index in [9.17, 15) is 4.79 Å². The van der Waals surface area contributed by atoms with Crippen LogP contribution in [-0.2, 0) is 18.4 Å². The number of nitrogens with zero attached hydrogens (tertiary/aromatic N) is 1. The highest BCUT2D eigenvalue weighted by molar-refractivity contribution is 5.89. The summed E-state index contributed by atoms with van der Waals surface area (Å²) in [6.07, 6.45) is 3.70. The molecule has 0 radical (unpaired) electrons. The van der Waals surface area contributed by atoms with Gasteiger partial charge in [-0.1, -0.05) is 88.0 Å². The Bertz CT molecular complexity index is 1280. The van der Waals surface area contributed by atoms with Crippen LogP contribution in [0.5, 0.6) is 0 Å². The Morgan fingerprint density at radius 1 is 1.12 bits per heavy atom. The molecule has 0 fully saturated rings. The smallest absolute Gasteiger partial charge is 0.319 e. The zero-order valence-corrected chi connectivity index (χ0v) is 20.3. The van der Waals surface area contributed by atoms with Crippen LogP contribution in [0.15, 0.2) is 66.7 Å². The van der Waals surface area contributed by atoms with Crippen molar-refractivity contribution in [1.82, 2.24) is 10.3 Å². The number of benzene rings is 3. The third kappa shape index (κ3) is 5.49. The molecule has 3 aromatic carbocycles. The normalized spacial score (nSPS) is 15.6. The van der Waals surface area contributed by atoms with Crippen LogP contribution in [0.25, 0.3) is 12.8 Å². The predicted octanol–water partition coefficient (Wildman–Crippen LogP) is 4.32.